The van der Waals surface area contributed by atoms with Gasteiger partial charge in [-0.25, -0.2) is 4.98 Å². The van der Waals surface area contributed by atoms with Gasteiger partial charge in [0, 0.05) is 42.4 Å². The van der Waals surface area contributed by atoms with Crippen LogP contribution in [0.15, 0.2) is 36.5 Å². The molecular weight excluding hydrogens is 344 g/mol. The zero-order chi connectivity index (χ0) is 18.8. The highest BCUT2D eigenvalue weighted by molar-refractivity contribution is 5.97. The quantitative estimate of drug-likeness (QED) is 0.768. The van der Waals surface area contributed by atoms with Gasteiger partial charge in [-0.3, -0.25) is 9.89 Å². The third-order valence-electron chi connectivity index (χ3n) is 5.12. The molecule has 1 amide bonds. The van der Waals surface area contributed by atoms with Crippen LogP contribution in [0.5, 0.6) is 11.5 Å². The zero-order valence-electron chi connectivity index (χ0n) is 15.4. The first-order chi connectivity index (χ1) is 13.2. The van der Waals surface area contributed by atoms with E-state index in [4.69, 9.17) is 9.47 Å². The summed E-state index contributed by atoms with van der Waals surface area (Å²) in [5.74, 6) is 1.37. The summed E-state index contributed by atoms with van der Waals surface area (Å²) in [4.78, 5) is 19.3. The topological polar surface area (TPSA) is 80.3 Å². The number of rotatable bonds is 4. The van der Waals surface area contributed by atoms with Crippen molar-refractivity contribution in [3.63, 3.8) is 0 Å². The molecule has 1 aliphatic heterocycles. The largest absolute Gasteiger partial charge is 0.497 e. The fourth-order valence-electron chi connectivity index (χ4n) is 3.72. The number of fused-ring (bicyclic) bond motifs is 1. The van der Waals surface area contributed by atoms with Crippen molar-refractivity contribution >= 4 is 16.9 Å². The maximum atomic E-state index is 13.1. The second-order valence-electron chi connectivity index (χ2n) is 6.67. The second kappa shape index (κ2) is 7.26. The van der Waals surface area contributed by atoms with Gasteiger partial charge in [-0.1, -0.05) is 0 Å². The smallest absolute Gasteiger partial charge is 0.257 e. The second-order valence-corrected chi connectivity index (χ2v) is 6.67. The molecule has 0 spiro atoms. The predicted molar refractivity (Wildman–Crippen MR) is 101 cm³/mol. The first-order valence-corrected chi connectivity index (χ1v) is 9.01. The van der Waals surface area contributed by atoms with E-state index in [0.717, 1.165) is 30.5 Å². The Morgan fingerprint density at radius 1 is 1.26 bits per heavy atom. The molecule has 1 N–H and O–H groups in total. The highest BCUT2D eigenvalue weighted by Crippen LogP contribution is 2.32. The lowest BCUT2D eigenvalue weighted by Gasteiger charge is -2.32. The van der Waals surface area contributed by atoms with Crippen molar-refractivity contribution in [1.82, 2.24) is 20.1 Å². The van der Waals surface area contributed by atoms with Gasteiger partial charge in [-0.2, -0.15) is 5.10 Å². The molecule has 0 unspecified atom stereocenters. The molecule has 0 saturated carbocycles. The molecule has 0 radical (unpaired) electrons. The lowest BCUT2D eigenvalue weighted by atomic mass is 9.92. The van der Waals surface area contributed by atoms with Crippen LogP contribution in [0.3, 0.4) is 0 Å². The summed E-state index contributed by atoms with van der Waals surface area (Å²) in [6, 6.07) is 9.22. The number of nitrogens with zero attached hydrogens (tertiary/aromatic N) is 3. The molecule has 0 aliphatic carbocycles. The normalized spacial score (nSPS) is 17.1. The fourth-order valence-corrected chi connectivity index (χ4v) is 3.72. The molecule has 7 heteroatoms. The first-order valence-electron chi connectivity index (χ1n) is 9.01. The molecule has 1 atom stereocenters. The van der Waals surface area contributed by atoms with E-state index in [2.05, 4.69) is 15.2 Å². The number of carbonyl (C=O) groups is 1. The van der Waals surface area contributed by atoms with Crippen molar-refractivity contribution in [1.29, 1.82) is 0 Å². The van der Waals surface area contributed by atoms with Crippen LogP contribution in [0.4, 0.5) is 0 Å². The van der Waals surface area contributed by atoms with Gasteiger partial charge < -0.3 is 14.4 Å². The maximum Gasteiger partial charge on any atom is 0.257 e. The van der Waals surface area contributed by atoms with Gasteiger partial charge in [0.2, 0.25) is 0 Å². The van der Waals surface area contributed by atoms with E-state index in [-0.39, 0.29) is 11.8 Å². The van der Waals surface area contributed by atoms with Crippen LogP contribution in [-0.2, 0) is 0 Å². The Morgan fingerprint density at radius 3 is 2.96 bits per heavy atom. The monoisotopic (exact) mass is 366 g/mol. The summed E-state index contributed by atoms with van der Waals surface area (Å²) in [5, 5.41) is 8.45. The summed E-state index contributed by atoms with van der Waals surface area (Å²) in [5.41, 5.74) is 2.32. The van der Waals surface area contributed by atoms with E-state index in [9.17, 15) is 4.79 Å². The lowest BCUT2D eigenvalue weighted by Crippen LogP contribution is -2.39. The van der Waals surface area contributed by atoms with Crippen molar-refractivity contribution in [3.05, 3.63) is 47.8 Å². The molecule has 27 heavy (non-hydrogen) atoms. The number of hydrogen-bond acceptors (Lipinski definition) is 5. The van der Waals surface area contributed by atoms with Crippen molar-refractivity contribution < 1.29 is 14.3 Å². The van der Waals surface area contributed by atoms with Crippen LogP contribution in [-0.4, -0.2) is 53.3 Å². The Kier molecular flexibility index (Phi) is 4.66. The SMILES string of the molecule is COc1ccc(C(=O)N2CCC[C@H](c3[nH]nc4ncccc34)C2)c(OC)c1. The molecule has 0 bridgehead atoms. The highest BCUT2D eigenvalue weighted by Gasteiger charge is 2.29. The molecule has 1 fully saturated rings. The number of methoxy groups -OCH3 is 2. The molecule has 1 saturated heterocycles. The summed E-state index contributed by atoms with van der Waals surface area (Å²) in [6.45, 7) is 1.37. The van der Waals surface area contributed by atoms with Gasteiger partial charge in [0.25, 0.3) is 5.91 Å². The van der Waals surface area contributed by atoms with Crippen LogP contribution in [0.25, 0.3) is 11.0 Å². The van der Waals surface area contributed by atoms with Crippen LogP contribution in [0.2, 0.25) is 0 Å². The van der Waals surface area contributed by atoms with E-state index < -0.39 is 0 Å². The summed E-state index contributed by atoms with van der Waals surface area (Å²) in [7, 11) is 3.16. The van der Waals surface area contributed by atoms with Crippen LogP contribution < -0.4 is 9.47 Å². The number of pyridine rings is 1. The summed E-state index contributed by atoms with van der Waals surface area (Å²) >= 11 is 0. The van der Waals surface area contributed by atoms with Gasteiger partial charge in [-0.15, -0.1) is 0 Å². The Hall–Kier alpha value is -3.09. The number of nitrogens with one attached hydrogen (secondary N) is 1. The third-order valence-corrected chi connectivity index (χ3v) is 5.12. The van der Waals surface area contributed by atoms with Crippen molar-refractivity contribution in [2.75, 3.05) is 27.3 Å². The zero-order valence-corrected chi connectivity index (χ0v) is 15.4. The molecule has 140 valence electrons. The number of amides is 1. The average Bonchev–Trinajstić information content (AvgIpc) is 3.17. The Bertz CT molecular complexity index is 969. The summed E-state index contributed by atoms with van der Waals surface area (Å²) < 4.78 is 10.6. The molecule has 3 aromatic rings. The number of carbonyl (C=O) groups excluding carboxylic acids is 1. The molecule has 1 aliphatic rings. The number of piperidine rings is 1. The van der Waals surface area contributed by atoms with Gasteiger partial charge in [0.1, 0.15) is 11.5 Å². The average molecular weight is 366 g/mol. The number of hydrogen-bond donors (Lipinski definition) is 1. The predicted octanol–water partition coefficient (Wildman–Crippen LogP) is 2.99. The summed E-state index contributed by atoms with van der Waals surface area (Å²) in [6.07, 6.45) is 3.69. The number of aromatic amines is 1. The number of ether oxygens (including phenoxy) is 2. The molecule has 2 aromatic heterocycles. The van der Waals surface area contributed by atoms with E-state index >= 15 is 0 Å². The van der Waals surface area contributed by atoms with Crippen molar-refractivity contribution in [2.45, 2.75) is 18.8 Å². The van der Waals surface area contributed by atoms with E-state index in [1.54, 1.807) is 38.6 Å². The van der Waals surface area contributed by atoms with Gasteiger partial charge in [0.05, 0.1) is 19.8 Å². The van der Waals surface area contributed by atoms with Crippen molar-refractivity contribution in [2.24, 2.45) is 0 Å². The molecule has 7 nitrogen and oxygen atoms in total. The van der Waals surface area contributed by atoms with E-state index in [1.165, 1.54) is 0 Å². The molecule has 3 heterocycles. The van der Waals surface area contributed by atoms with Gasteiger partial charge in [-0.05, 0) is 37.1 Å². The third kappa shape index (κ3) is 3.20. The van der Waals surface area contributed by atoms with Crippen LogP contribution in [0, 0.1) is 0 Å². The maximum absolute atomic E-state index is 13.1. The van der Waals surface area contributed by atoms with Gasteiger partial charge in [0.15, 0.2) is 5.65 Å². The fraction of sp³-hybridized carbons (Fsp3) is 0.350. The minimum absolute atomic E-state index is 0.0267. The van der Waals surface area contributed by atoms with E-state index in [1.807, 2.05) is 17.0 Å². The molecule has 4 rings (SSSR count). The minimum Gasteiger partial charge on any atom is -0.497 e. The number of benzene rings is 1. The highest BCUT2D eigenvalue weighted by atomic mass is 16.5. The van der Waals surface area contributed by atoms with E-state index in [0.29, 0.717) is 29.3 Å². The first kappa shape index (κ1) is 17.3. The number of likely N-dealkylation sites (tertiary alicyclic amines) is 1. The van der Waals surface area contributed by atoms with Crippen molar-refractivity contribution in [3.8, 4) is 11.5 Å². The molecule has 1 aromatic carbocycles. The van der Waals surface area contributed by atoms with Gasteiger partial charge >= 0.3 is 0 Å². The standard InChI is InChI=1S/C20H22N4O3/c1-26-14-7-8-15(17(11-14)27-2)20(25)24-10-4-5-13(12-24)18-16-6-3-9-21-19(16)23-22-18/h3,6-9,11,13H,4-5,10,12H2,1-2H3,(H,21,22,23)/t13-/m0/s1. The van der Waals surface area contributed by atoms with Crippen LogP contribution in [0.1, 0.15) is 34.8 Å². The number of H-pyrrole nitrogens is 1. The lowest BCUT2D eigenvalue weighted by molar-refractivity contribution is 0.0703. The Morgan fingerprint density at radius 2 is 2.15 bits per heavy atom. The minimum atomic E-state index is -0.0267. The Labute approximate surface area is 157 Å². The van der Waals surface area contributed by atoms with Crippen LogP contribution >= 0.6 is 0 Å². The number of aromatic nitrogens is 3. The molecular formula is C20H22N4O3. The Balaban J connectivity index is 1.59.